The number of ether oxygens (including phenoxy) is 1. The molecule has 4 rings (SSSR count). The monoisotopic (exact) mass is 418 g/mol. The first-order valence-electron chi connectivity index (χ1n) is 12.6. The molecule has 0 aromatic heterocycles. The minimum atomic E-state index is -0.533. The summed E-state index contributed by atoms with van der Waals surface area (Å²) < 4.78 is 35.9. The Kier molecular flexibility index (Phi) is 7.49. The van der Waals surface area contributed by atoms with Gasteiger partial charge in [-0.15, -0.1) is 0 Å². The molecule has 30 heavy (non-hydrogen) atoms. The van der Waals surface area contributed by atoms with E-state index in [2.05, 4.69) is 13.0 Å². The third-order valence-corrected chi connectivity index (χ3v) is 8.55. The normalized spacial score (nSPS) is 31.3. The SMILES string of the molecule is CCCCCCC1CCc2cc(C3CCC4CC(OC)CCC4C3)c(F)c(F)c2C1. The van der Waals surface area contributed by atoms with E-state index >= 15 is 8.78 Å². The number of rotatable bonds is 7. The van der Waals surface area contributed by atoms with Gasteiger partial charge in [-0.05, 0) is 98.1 Å². The summed E-state index contributed by atoms with van der Waals surface area (Å²) in [5.41, 5.74) is 2.47. The van der Waals surface area contributed by atoms with Gasteiger partial charge in [0.05, 0.1) is 6.10 Å². The third-order valence-electron chi connectivity index (χ3n) is 8.55. The second kappa shape index (κ2) is 10.1. The highest BCUT2D eigenvalue weighted by Gasteiger charge is 2.37. The average molecular weight is 419 g/mol. The van der Waals surface area contributed by atoms with E-state index in [0.29, 0.717) is 35.0 Å². The fourth-order valence-electron chi connectivity index (χ4n) is 6.68. The number of hydrogen-bond donors (Lipinski definition) is 0. The highest BCUT2D eigenvalue weighted by Crippen LogP contribution is 2.48. The number of halogens is 2. The van der Waals surface area contributed by atoms with Gasteiger partial charge in [0.25, 0.3) is 0 Å². The predicted octanol–water partition coefficient (Wildman–Crippen LogP) is 7.74. The molecule has 1 nitrogen and oxygen atoms in total. The van der Waals surface area contributed by atoms with Crippen molar-refractivity contribution < 1.29 is 13.5 Å². The van der Waals surface area contributed by atoms with Crippen LogP contribution < -0.4 is 0 Å². The molecule has 0 spiro atoms. The summed E-state index contributed by atoms with van der Waals surface area (Å²) in [6.07, 6.45) is 16.0. The van der Waals surface area contributed by atoms with Crippen LogP contribution in [-0.2, 0) is 17.6 Å². The zero-order chi connectivity index (χ0) is 21.1. The first kappa shape index (κ1) is 22.2. The highest BCUT2D eigenvalue weighted by atomic mass is 19.2. The van der Waals surface area contributed by atoms with Gasteiger partial charge in [-0.25, -0.2) is 8.78 Å². The summed E-state index contributed by atoms with van der Waals surface area (Å²) in [6, 6.07) is 2.06. The maximum Gasteiger partial charge on any atom is 0.162 e. The van der Waals surface area contributed by atoms with Gasteiger partial charge in [0, 0.05) is 7.11 Å². The first-order valence-corrected chi connectivity index (χ1v) is 12.6. The minimum Gasteiger partial charge on any atom is -0.381 e. The highest BCUT2D eigenvalue weighted by molar-refractivity contribution is 5.38. The van der Waals surface area contributed by atoms with Crippen molar-refractivity contribution in [1.82, 2.24) is 0 Å². The predicted molar refractivity (Wildman–Crippen MR) is 119 cm³/mol. The summed E-state index contributed by atoms with van der Waals surface area (Å²) in [5.74, 6) is 1.03. The zero-order valence-corrected chi connectivity index (χ0v) is 19.0. The average Bonchev–Trinajstić information content (AvgIpc) is 2.78. The molecule has 2 saturated carbocycles. The van der Waals surface area contributed by atoms with E-state index in [-0.39, 0.29) is 5.92 Å². The number of unbranched alkanes of at least 4 members (excludes halogenated alkanes) is 3. The van der Waals surface area contributed by atoms with Crippen molar-refractivity contribution in [2.75, 3.05) is 7.11 Å². The maximum absolute atomic E-state index is 15.2. The molecule has 0 N–H and O–H groups in total. The minimum absolute atomic E-state index is 0.192. The molecule has 0 bridgehead atoms. The summed E-state index contributed by atoms with van der Waals surface area (Å²) in [6.45, 7) is 2.23. The van der Waals surface area contributed by atoms with E-state index in [1.807, 2.05) is 7.11 Å². The van der Waals surface area contributed by atoms with Gasteiger partial charge in [0.2, 0.25) is 0 Å². The summed E-state index contributed by atoms with van der Waals surface area (Å²) in [7, 11) is 1.82. The Labute approximate surface area is 182 Å². The van der Waals surface area contributed by atoms with Crippen LogP contribution in [0.2, 0.25) is 0 Å². The molecule has 3 aliphatic rings. The topological polar surface area (TPSA) is 9.23 Å². The van der Waals surface area contributed by atoms with Crippen molar-refractivity contribution >= 4 is 0 Å². The van der Waals surface area contributed by atoms with Crippen LogP contribution in [0.3, 0.4) is 0 Å². The molecule has 1 aromatic rings. The Morgan fingerprint density at radius 2 is 1.73 bits per heavy atom. The summed E-state index contributed by atoms with van der Waals surface area (Å²) >= 11 is 0. The van der Waals surface area contributed by atoms with Crippen molar-refractivity contribution in [3.05, 3.63) is 34.4 Å². The second-order valence-corrected chi connectivity index (χ2v) is 10.4. The molecule has 0 radical (unpaired) electrons. The van der Waals surface area contributed by atoms with Gasteiger partial charge in [-0.2, -0.15) is 0 Å². The van der Waals surface area contributed by atoms with E-state index in [1.165, 1.54) is 32.1 Å². The number of fused-ring (bicyclic) bond motifs is 2. The lowest BCUT2D eigenvalue weighted by Crippen LogP contribution is -2.33. The Morgan fingerprint density at radius 1 is 0.933 bits per heavy atom. The molecule has 0 aliphatic heterocycles. The van der Waals surface area contributed by atoms with Crippen molar-refractivity contribution in [3.8, 4) is 0 Å². The smallest absolute Gasteiger partial charge is 0.162 e. The van der Waals surface area contributed by atoms with Crippen molar-refractivity contribution in [3.63, 3.8) is 0 Å². The van der Waals surface area contributed by atoms with Crippen LogP contribution in [0.5, 0.6) is 0 Å². The number of methoxy groups -OCH3 is 1. The maximum atomic E-state index is 15.2. The van der Waals surface area contributed by atoms with Gasteiger partial charge >= 0.3 is 0 Å². The quantitative estimate of drug-likeness (QED) is 0.411. The number of benzene rings is 1. The molecule has 2 fully saturated rings. The Bertz CT molecular complexity index is 715. The number of aryl methyl sites for hydroxylation is 1. The summed E-state index contributed by atoms with van der Waals surface area (Å²) in [4.78, 5) is 0. The van der Waals surface area contributed by atoms with E-state index < -0.39 is 11.6 Å². The Balaban J connectivity index is 1.43. The molecule has 5 atom stereocenters. The van der Waals surface area contributed by atoms with Gasteiger partial charge in [0.1, 0.15) is 0 Å². The van der Waals surface area contributed by atoms with Crippen molar-refractivity contribution in [2.24, 2.45) is 17.8 Å². The van der Waals surface area contributed by atoms with Crippen LogP contribution in [-0.4, -0.2) is 13.2 Å². The molecular weight excluding hydrogens is 378 g/mol. The van der Waals surface area contributed by atoms with Gasteiger partial charge < -0.3 is 4.74 Å². The molecular formula is C27H40F2O. The molecule has 0 amide bonds. The molecule has 1 aromatic carbocycles. The van der Waals surface area contributed by atoms with Crippen LogP contribution in [0.4, 0.5) is 8.78 Å². The van der Waals surface area contributed by atoms with Crippen LogP contribution >= 0.6 is 0 Å². The van der Waals surface area contributed by atoms with Crippen LogP contribution in [0, 0.1) is 29.4 Å². The van der Waals surface area contributed by atoms with E-state index in [0.717, 1.165) is 63.4 Å². The van der Waals surface area contributed by atoms with Crippen molar-refractivity contribution in [2.45, 2.75) is 109 Å². The molecule has 0 saturated heterocycles. The fourth-order valence-corrected chi connectivity index (χ4v) is 6.68. The van der Waals surface area contributed by atoms with Crippen LogP contribution in [0.15, 0.2) is 6.07 Å². The third kappa shape index (κ3) is 4.76. The van der Waals surface area contributed by atoms with E-state index in [4.69, 9.17) is 4.74 Å². The second-order valence-electron chi connectivity index (χ2n) is 10.4. The fraction of sp³-hybridized carbons (Fsp3) is 0.778. The van der Waals surface area contributed by atoms with Crippen LogP contribution in [0.25, 0.3) is 0 Å². The Hall–Kier alpha value is -0.960. The van der Waals surface area contributed by atoms with Gasteiger partial charge in [0.15, 0.2) is 11.6 Å². The van der Waals surface area contributed by atoms with Gasteiger partial charge in [-0.3, -0.25) is 0 Å². The molecule has 3 heteroatoms. The Morgan fingerprint density at radius 3 is 2.53 bits per heavy atom. The lowest BCUT2D eigenvalue weighted by Gasteiger charge is -2.42. The molecule has 0 heterocycles. The lowest BCUT2D eigenvalue weighted by atomic mass is 9.65. The molecule has 3 aliphatic carbocycles. The molecule has 5 unspecified atom stereocenters. The molecule has 168 valence electrons. The van der Waals surface area contributed by atoms with E-state index in [1.54, 1.807) is 0 Å². The number of hydrogen-bond acceptors (Lipinski definition) is 1. The summed E-state index contributed by atoms with van der Waals surface area (Å²) in [5, 5.41) is 0. The van der Waals surface area contributed by atoms with Crippen LogP contribution in [0.1, 0.15) is 107 Å². The standard InChI is InChI=1S/C27H40F2O/c1-3-4-5-6-7-18-8-9-22-17-25(27(29)26(28)24(22)14-18)21-11-10-20-16-23(30-2)13-12-19(20)15-21/h17-21,23H,3-16H2,1-2H3. The first-order chi connectivity index (χ1) is 14.6. The zero-order valence-electron chi connectivity index (χ0n) is 19.0. The largest absolute Gasteiger partial charge is 0.381 e. The van der Waals surface area contributed by atoms with Gasteiger partial charge in [-0.1, -0.05) is 45.1 Å². The lowest BCUT2D eigenvalue weighted by molar-refractivity contribution is 0.0121. The van der Waals surface area contributed by atoms with E-state index in [9.17, 15) is 0 Å². The van der Waals surface area contributed by atoms with Crippen molar-refractivity contribution in [1.29, 1.82) is 0 Å².